The molecule has 0 radical (unpaired) electrons. The number of fused-ring (bicyclic) bond motifs is 1. The van der Waals surface area contributed by atoms with Crippen LogP contribution in [0.5, 0.6) is 0 Å². The van der Waals surface area contributed by atoms with Crippen LogP contribution in [0, 0.1) is 25.2 Å². The zero-order valence-corrected chi connectivity index (χ0v) is 11.7. The molecule has 0 spiro atoms. The number of rotatable bonds is 2. The quantitative estimate of drug-likeness (QED) is 0.723. The van der Waals surface area contributed by atoms with Gasteiger partial charge in [0.25, 0.3) is 0 Å². The Hall–Kier alpha value is -2.53. The number of H-pyrrole nitrogens is 1. The monoisotopic (exact) mass is 260 g/mol. The average Bonchev–Trinajstić information content (AvgIpc) is 2.82. The van der Waals surface area contributed by atoms with Gasteiger partial charge in [0.15, 0.2) is 0 Å². The summed E-state index contributed by atoms with van der Waals surface area (Å²) in [5.74, 6) is 0. The van der Waals surface area contributed by atoms with Gasteiger partial charge in [-0.2, -0.15) is 5.26 Å². The molecule has 0 fully saturated rings. The van der Waals surface area contributed by atoms with Gasteiger partial charge in [0.1, 0.15) is 0 Å². The van der Waals surface area contributed by atoms with Gasteiger partial charge in [-0.05, 0) is 48.2 Å². The van der Waals surface area contributed by atoms with Gasteiger partial charge in [-0.25, -0.2) is 0 Å². The van der Waals surface area contributed by atoms with E-state index < -0.39 is 0 Å². The number of aromatic nitrogens is 1. The van der Waals surface area contributed by atoms with Crippen molar-refractivity contribution >= 4 is 10.9 Å². The van der Waals surface area contributed by atoms with Gasteiger partial charge in [0.05, 0.1) is 18.2 Å². The Bertz CT molecular complexity index is 819. The number of para-hydroxylation sites is 1. The minimum atomic E-state index is 0.423. The third-order valence-corrected chi connectivity index (χ3v) is 3.87. The van der Waals surface area contributed by atoms with E-state index in [0.717, 1.165) is 27.7 Å². The minimum absolute atomic E-state index is 0.423. The standard InChI is InChI=1S/C18H16N2/c1-12-7-8-14(11-13(12)2)18-16(9-10-19)15-5-3-4-6-17(15)20-18/h3-8,11,20H,9H2,1-2H3. The normalized spacial score (nSPS) is 10.7. The molecule has 0 saturated heterocycles. The van der Waals surface area contributed by atoms with Crippen molar-refractivity contribution in [3.05, 3.63) is 59.2 Å². The Morgan fingerprint density at radius 2 is 1.85 bits per heavy atom. The molecule has 2 nitrogen and oxygen atoms in total. The first-order valence-corrected chi connectivity index (χ1v) is 6.75. The number of hydrogen-bond acceptors (Lipinski definition) is 1. The largest absolute Gasteiger partial charge is 0.354 e. The molecule has 98 valence electrons. The predicted octanol–water partition coefficient (Wildman–Crippen LogP) is 4.52. The van der Waals surface area contributed by atoms with Crippen LogP contribution in [0.3, 0.4) is 0 Å². The number of nitrogens with zero attached hydrogens (tertiary/aromatic N) is 1. The fourth-order valence-electron chi connectivity index (χ4n) is 2.61. The maximum atomic E-state index is 9.10. The van der Waals surface area contributed by atoms with Crippen molar-refractivity contribution in [2.75, 3.05) is 0 Å². The van der Waals surface area contributed by atoms with Gasteiger partial charge in [-0.15, -0.1) is 0 Å². The van der Waals surface area contributed by atoms with Gasteiger partial charge < -0.3 is 4.98 Å². The molecule has 0 bridgehead atoms. The highest BCUT2D eigenvalue weighted by atomic mass is 14.7. The molecule has 0 aliphatic rings. The van der Waals surface area contributed by atoms with E-state index in [1.807, 2.05) is 12.1 Å². The summed E-state index contributed by atoms with van der Waals surface area (Å²) in [4.78, 5) is 3.46. The molecule has 0 saturated carbocycles. The first kappa shape index (κ1) is 12.5. The molecular formula is C18H16N2. The van der Waals surface area contributed by atoms with Gasteiger partial charge in [-0.1, -0.05) is 30.3 Å². The summed E-state index contributed by atoms with van der Waals surface area (Å²) >= 11 is 0. The smallest absolute Gasteiger partial charge is 0.0670 e. The van der Waals surface area contributed by atoms with Crippen molar-refractivity contribution in [1.82, 2.24) is 4.98 Å². The van der Waals surface area contributed by atoms with E-state index >= 15 is 0 Å². The summed E-state index contributed by atoms with van der Waals surface area (Å²) in [6.45, 7) is 4.23. The van der Waals surface area contributed by atoms with Gasteiger partial charge in [-0.3, -0.25) is 0 Å². The van der Waals surface area contributed by atoms with E-state index in [0.29, 0.717) is 6.42 Å². The SMILES string of the molecule is Cc1ccc(-c2[nH]c3ccccc3c2CC#N)cc1C. The minimum Gasteiger partial charge on any atom is -0.354 e. The fraction of sp³-hybridized carbons (Fsp3) is 0.167. The van der Waals surface area contributed by atoms with Gasteiger partial charge >= 0.3 is 0 Å². The lowest BCUT2D eigenvalue weighted by molar-refractivity contribution is 1.27. The lowest BCUT2D eigenvalue weighted by atomic mass is 10.00. The molecule has 0 unspecified atom stereocenters. The third kappa shape index (κ3) is 1.98. The number of aryl methyl sites for hydroxylation is 2. The molecule has 0 atom stereocenters. The summed E-state index contributed by atoms with van der Waals surface area (Å²) in [5, 5.41) is 10.2. The zero-order valence-electron chi connectivity index (χ0n) is 11.7. The zero-order chi connectivity index (χ0) is 14.1. The molecule has 3 rings (SSSR count). The van der Waals surface area contributed by atoms with Crippen molar-refractivity contribution in [3.63, 3.8) is 0 Å². The van der Waals surface area contributed by atoms with Crippen LogP contribution in [0.1, 0.15) is 16.7 Å². The number of benzene rings is 2. The Morgan fingerprint density at radius 1 is 1.05 bits per heavy atom. The molecule has 2 aromatic carbocycles. The van der Waals surface area contributed by atoms with Crippen molar-refractivity contribution in [2.45, 2.75) is 20.3 Å². The fourth-order valence-corrected chi connectivity index (χ4v) is 2.61. The van der Waals surface area contributed by atoms with Crippen LogP contribution < -0.4 is 0 Å². The molecule has 1 aromatic heterocycles. The molecule has 1 heterocycles. The Kier molecular flexibility index (Phi) is 3.04. The van der Waals surface area contributed by atoms with E-state index in [2.05, 4.69) is 55.2 Å². The molecule has 3 aromatic rings. The molecule has 1 N–H and O–H groups in total. The van der Waals surface area contributed by atoms with Gasteiger partial charge in [0.2, 0.25) is 0 Å². The third-order valence-electron chi connectivity index (χ3n) is 3.87. The highest BCUT2D eigenvalue weighted by Crippen LogP contribution is 2.31. The van der Waals surface area contributed by atoms with Crippen LogP contribution in [0.4, 0.5) is 0 Å². The second-order valence-electron chi connectivity index (χ2n) is 5.16. The summed E-state index contributed by atoms with van der Waals surface area (Å²) < 4.78 is 0. The van der Waals surface area contributed by atoms with Crippen molar-refractivity contribution in [2.24, 2.45) is 0 Å². The highest BCUT2D eigenvalue weighted by molar-refractivity contribution is 5.91. The topological polar surface area (TPSA) is 39.6 Å². The van der Waals surface area contributed by atoms with Crippen molar-refractivity contribution < 1.29 is 0 Å². The maximum absolute atomic E-state index is 9.10. The number of nitrogens with one attached hydrogen (secondary N) is 1. The molecule has 20 heavy (non-hydrogen) atoms. The molecule has 0 amide bonds. The van der Waals surface area contributed by atoms with E-state index in [1.54, 1.807) is 0 Å². The van der Waals surface area contributed by atoms with E-state index in [9.17, 15) is 0 Å². The van der Waals surface area contributed by atoms with Crippen molar-refractivity contribution in [1.29, 1.82) is 5.26 Å². The molecule has 0 aliphatic heterocycles. The van der Waals surface area contributed by atoms with E-state index in [-0.39, 0.29) is 0 Å². The molecular weight excluding hydrogens is 244 g/mol. The molecule has 0 aliphatic carbocycles. The Balaban J connectivity index is 2.27. The number of nitriles is 1. The second kappa shape index (κ2) is 4.86. The van der Waals surface area contributed by atoms with E-state index in [1.165, 1.54) is 11.1 Å². The van der Waals surface area contributed by atoms with Crippen LogP contribution in [0.15, 0.2) is 42.5 Å². The van der Waals surface area contributed by atoms with Crippen LogP contribution in [-0.4, -0.2) is 4.98 Å². The summed E-state index contributed by atoms with van der Waals surface area (Å²) in [6, 6.07) is 16.9. The van der Waals surface area contributed by atoms with Crippen molar-refractivity contribution in [3.8, 4) is 17.3 Å². The van der Waals surface area contributed by atoms with Crippen LogP contribution in [0.2, 0.25) is 0 Å². The first-order chi connectivity index (χ1) is 9.70. The average molecular weight is 260 g/mol. The first-order valence-electron chi connectivity index (χ1n) is 6.75. The van der Waals surface area contributed by atoms with Gasteiger partial charge in [0, 0.05) is 10.9 Å². The lowest BCUT2D eigenvalue weighted by Crippen LogP contribution is -1.88. The van der Waals surface area contributed by atoms with Crippen LogP contribution in [0.25, 0.3) is 22.2 Å². The lowest BCUT2D eigenvalue weighted by Gasteiger charge is -2.05. The van der Waals surface area contributed by atoms with Crippen LogP contribution in [-0.2, 0) is 6.42 Å². The Labute approximate surface area is 118 Å². The summed E-state index contributed by atoms with van der Waals surface area (Å²) in [6.07, 6.45) is 0.423. The highest BCUT2D eigenvalue weighted by Gasteiger charge is 2.12. The number of aromatic amines is 1. The van der Waals surface area contributed by atoms with E-state index in [4.69, 9.17) is 5.26 Å². The maximum Gasteiger partial charge on any atom is 0.0670 e. The predicted molar refractivity (Wildman–Crippen MR) is 82.5 cm³/mol. The number of hydrogen-bond donors (Lipinski definition) is 1. The second-order valence-corrected chi connectivity index (χ2v) is 5.16. The summed E-state index contributed by atoms with van der Waals surface area (Å²) in [5.41, 5.74) is 6.94. The molecule has 2 heteroatoms. The Morgan fingerprint density at radius 3 is 2.60 bits per heavy atom. The summed E-state index contributed by atoms with van der Waals surface area (Å²) in [7, 11) is 0. The van der Waals surface area contributed by atoms with Crippen LogP contribution >= 0.6 is 0 Å².